The minimum Gasteiger partial charge on any atom is -0.376 e. The zero-order chi connectivity index (χ0) is 13.9. The second-order valence-corrected chi connectivity index (χ2v) is 7.95. The molecule has 3 atom stereocenters. The topological polar surface area (TPSA) is 58.6 Å². The lowest BCUT2D eigenvalue weighted by atomic mass is 9.96. The Morgan fingerprint density at radius 1 is 1.37 bits per heavy atom. The summed E-state index contributed by atoms with van der Waals surface area (Å²) in [6, 6.07) is 0. The first-order valence-corrected chi connectivity index (χ1v) is 9.09. The fourth-order valence-electron chi connectivity index (χ4n) is 2.91. The fraction of sp³-hybridized carbons (Fsp3) is 1.00. The summed E-state index contributed by atoms with van der Waals surface area (Å²) < 4.78 is 30.7. The Kier molecular flexibility index (Phi) is 5.22. The van der Waals surface area contributed by atoms with Gasteiger partial charge in [-0.1, -0.05) is 6.92 Å². The maximum atomic E-state index is 11.6. The van der Waals surface area contributed by atoms with Crippen LogP contribution in [0.3, 0.4) is 0 Å². The van der Waals surface area contributed by atoms with Gasteiger partial charge in [-0.15, -0.1) is 0 Å². The quantitative estimate of drug-likeness (QED) is 0.827. The van der Waals surface area contributed by atoms with E-state index in [2.05, 4.69) is 12.2 Å². The van der Waals surface area contributed by atoms with E-state index >= 15 is 0 Å². The number of nitrogens with one attached hydrogen (secondary N) is 1. The molecule has 2 heterocycles. The van der Waals surface area contributed by atoms with Crippen molar-refractivity contribution in [3.05, 3.63) is 0 Å². The van der Waals surface area contributed by atoms with Crippen molar-refractivity contribution < 1.29 is 13.2 Å². The van der Waals surface area contributed by atoms with Crippen molar-refractivity contribution in [2.75, 3.05) is 39.0 Å². The lowest BCUT2D eigenvalue weighted by molar-refractivity contribution is -0.0208. The van der Waals surface area contributed by atoms with Crippen LogP contribution in [0.2, 0.25) is 0 Å². The van der Waals surface area contributed by atoms with Gasteiger partial charge in [0.25, 0.3) is 0 Å². The standard InChI is InChI=1S/C13H26N2O3S/c1-11-5-6-14-8-13(11)18-10-12-4-3-7-15(9-12)19(2,16)17/h11-14H,3-10H2,1-2H3. The second kappa shape index (κ2) is 6.52. The lowest BCUT2D eigenvalue weighted by Gasteiger charge is -2.34. The van der Waals surface area contributed by atoms with E-state index in [9.17, 15) is 8.42 Å². The maximum absolute atomic E-state index is 11.6. The Morgan fingerprint density at radius 3 is 2.84 bits per heavy atom. The van der Waals surface area contributed by atoms with Crippen LogP contribution in [0.4, 0.5) is 0 Å². The number of hydrogen-bond donors (Lipinski definition) is 1. The molecule has 0 aromatic heterocycles. The van der Waals surface area contributed by atoms with Gasteiger partial charge in [0.05, 0.1) is 19.0 Å². The van der Waals surface area contributed by atoms with Gasteiger partial charge in [-0.3, -0.25) is 0 Å². The van der Waals surface area contributed by atoms with Gasteiger partial charge < -0.3 is 10.1 Å². The number of sulfonamides is 1. The molecule has 0 bridgehead atoms. The molecule has 1 N–H and O–H groups in total. The van der Waals surface area contributed by atoms with Gasteiger partial charge in [-0.2, -0.15) is 0 Å². The van der Waals surface area contributed by atoms with Gasteiger partial charge in [-0.05, 0) is 37.6 Å². The van der Waals surface area contributed by atoms with E-state index in [1.807, 2.05) is 0 Å². The molecule has 2 fully saturated rings. The van der Waals surface area contributed by atoms with E-state index in [0.29, 0.717) is 31.5 Å². The van der Waals surface area contributed by atoms with Crippen LogP contribution in [0.1, 0.15) is 26.2 Å². The average molecular weight is 290 g/mol. The Labute approximate surface area is 116 Å². The number of rotatable bonds is 4. The summed E-state index contributed by atoms with van der Waals surface area (Å²) in [7, 11) is -3.05. The summed E-state index contributed by atoms with van der Waals surface area (Å²) in [5.41, 5.74) is 0. The highest BCUT2D eigenvalue weighted by Crippen LogP contribution is 2.21. The molecule has 3 unspecified atom stereocenters. The van der Waals surface area contributed by atoms with Crippen molar-refractivity contribution in [1.29, 1.82) is 0 Å². The van der Waals surface area contributed by atoms with Crippen LogP contribution < -0.4 is 5.32 Å². The SMILES string of the molecule is CC1CCNCC1OCC1CCCN(S(C)(=O)=O)C1. The van der Waals surface area contributed by atoms with Crippen molar-refractivity contribution in [2.45, 2.75) is 32.3 Å². The molecule has 0 saturated carbocycles. The molecule has 0 spiro atoms. The van der Waals surface area contributed by atoms with Crippen LogP contribution in [0.15, 0.2) is 0 Å². The van der Waals surface area contributed by atoms with E-state index < -0.39 is 10.0 Å². The zero-order valence-electron chi connectivity index (χ0n) is 12.0. The first kappa shape index (κ1) is 15.2. The number of ether oxygens (including phenoxy) is 1. The van der Waals surface area contributed by atoms with Crippen molar-refractivity contribution in [1.82, 2.24) is 9.62 Å². The van der Waals surface area contributed by atoms with Crippen LogP contribution in [-0.4, -0.2) is 57.9 Å². The summed E-state index contributed by atoms with van der Waals surface area (Å²) in [5, 5.41) is 3.35. The molecular formula is C13H26N2O3S. The molecule has 112 valence electrons. The normalized spacial score (nSPS) is 34.3. The van der Waals surface area contributed by atoms with Crippen LogP contribution in [0.5, 0.6) is 0 Å². The van der Waals surface area contributed by atoms with Crippen molar-refractivity contribution in [2.24, 2.45) is 11.8 Å². The average Bonchev–Trinajstić information content (AvgIpc) is 2.37. The Bertz CT molecular complexity index is 385. The minimum absolute atomic E-state index is 0.280. The summed E-state index contributed by atoms with van der Waals surface area (Å²) in [6.45, 7) is 6.19. The van der Waals surface area contributed by atoms with Crippen molar-refractivity contribution in [3.63, 3.8) is 0 Å². The smallest absolute Gasteiger partial charge is 0.211 e. The highest BCUT2D eigenvalue weighted by atomic mass is 32.2. The summed E-state index contributed by atoms with van der Waals surface area (Å²) in [4.78, 5) is 0. The summed E-state index contributed by atoms with van der Waals surface area (Å²) in [5.74, 6) is 0.938. The Hall–Kier alpha value is -0.170. The number of nitrogens with zero attached hydrogens (tertiary/aromatic N) is 1. The molecule has 0 amide bonds. The number of hydrogen-bond acceptors (Lipinski definition) is 4. The first-order chi connectivity index (χ1) is 8.97. The minimum atomic E-state index is -3.05. The van der Waals surface area contributed by atoms with E-state index in [1.54, 1.807) is 4.31 Å². The second-order valence-electron chi connectivity index (χ2n) is 5.97. The predicted molar refractivity (Wildman–Crippen MR) is 75.5 cm³/mol. The highest BCUT2D eigenvalue weighted by Gasteiger charge is 2.28. The lowest BCUT2D eigenvalue weighted by Crippen LogP contribution is -2.44. The molecule has 2 rings (SSSR count). The molecule has 0 aromatic carbocycles. The fourth-order valence-corrected chi connectivity index (χ4v) is 3.85. The van der Waals surface area contributed by atoms with E-state index in [0.717, 1.165) is 32.4 Å². The number of piperidine rings is 2. The van der Waals surface area contributed by atoms with Gasteiger partial charge in [0, 0.05) is 19.6 Å². The van der Waals surface area contributed by atoms with Gasteiger partial charge in [0.2, 0.25) is 10.0 Å². The monoisotopic (exact) mass is 290 g/mol. The molecule has 0 aromatic rings. The molecule has 19 heavy (non-hydrogen) atoms. The Morgan fingerprint density at radius 2 is 2.16 bits per heavy atom. The van der Waals surface area contributed by atoms with Gasteiger partial charge >= 0.3 is 0 Å². The molecule has 2 saturated heterocycles. The molecule has 2 aliphatic heterocycles. The van der Waals surface area contributed by atoms with Gasteiger partial charge in [0.1, 0.15) is 0 Å². The van der Waals surface area contributed by atoms with E-state index in [-0.39, 0.29) is 6.10 Å². The third-order valence-corrected chi connectivity index (χ3v) is 5.52. The molecular weight excluding hydrogens is 264 g/mol. The third-order valence-electron chi connectivity index (χ3n) is 4.25. The molecule has 5 nitrogen and oxygen atoms in total. The van der Waals surface area contributed by atoms with Crippen LogP contribution in [0.25, 0.3) is 0 Å². The van der Waals surface area contributed by atoms with Gasteiger partial charge in [-0.25, -0.2) is 12.7 Å². The summed E-state index contributed by atoms with van der Waals surface area (Å²) in [6.07, 6.45) is 4.75. The van der Waals surface area contributed by atoms with Crippen LogP contribution in [-0.2, 0) is 14.8 Å². The molecule has 6 heteroatoms. The first-order valence-electron chi connectivity index (χ1n) is 7.24. The van der Waals surface area contributed by atoms with Crippen LogP contribution in [0, 0.1) is 11.8 Å². The molecule has 0 radical (unpaired) electrons. The largest absolute Gasteiger partial charge is 0.376 e. The van der Waals surface area contributed by atoms with Crippen LogP contribution >= 0.6 is 0 Å². The molecule has 2 aliphatic rings. The summed E-state index contributed by atoms with van der Waals surface area (Å²) >= 11 is 0. The van der Waals surface area contributed by atoms with E-state index in [4.69, 9.17) is 4.74 Å². The predicted octanol–water partition coefficient (Wildman–Crippen LogP) is 0.673. The molecule has 0 aliphatic carbocycles. The van der Waals surface area contributed by atoms with Crippen molar-refractivity contribution in [3.8, 4) is 0 Å². The van der Waals surface area contributed by atoms with E-state index in [1.165, 1.54) is 6.26 Å². The van der Waals surface area contributed by atoms with Gasteiger partial charge in [0.15, 0.2) is 0 Å². The Balaban J connectivity index is 1.79. The van der Waals surface area contributed by atoms with Crippen molar-refractivity contribution >= 4 is 10.0 Å². The zero-order valence-corrected chi connectivity index (χ0v) is 12.8. The maximum Gasteiger partial charge on any atom is 0.211 e. The highest BCUT2D eigenvalue weighted by molar-refractivity contribution is 7.88. The third kappa shape index (κ3) is 4.41.